The predicted molar refractivity (Wildman–Crippen MR) is 131 cm³/mol. The summed E-state index contributed by atoms with van der Waals surface area (Å²) in [5.74, 6) is 0. The van der Waals surface area contributed by atoms with E-state index < -0.39 is 0 Å². The van der Waals surface area contributed by atoms with Gasteiger partial charge in [0.25, 0.3) is 0 Å². The van der Waals surface area contributed by atoms with E-state index in [2.05, 4.69) is 105 Å². The number of hydrogen-bond donors (Lipinski definition) is 0. The highest BCUT2D eigenvalue weighted by Crippen LogP contribution is 2.38. The lowest BCUT2D eigenvalue weighted by Crippen LogP contribution is -2.10. The van der Waals surface area contributed by atoms with Gasteiger partial charge in [0.15, 0.2) is 0 Å². The van der Waals surface area contributed by atoms with Crippen LogP contribution in [0.25, 0.3) is 27.5 Å². The van der Waals surface area contributed by atoms with Crippen LogP contribution in [-0.4, -0.2) is 4.57 Å². The van der Waals surface area contributed by atoms with Gasteiger partial charge in [0.05, 0.1) is 11.0 Å². The van der Waals surface area contributed by atoms with Gasteiger partial charge in [-0.2, -0.15) is 0 Å². The summed E-state index contributed by atoms with van der Waals surface area (Å²) in [7, 11) is 0. The Bertz CT molecular complexity index is 1140. The summed E-state index contributed by atoms with van der Waals surface area (Å²) in [6.45, 7) is 13.6. The molecule has 1 nitrogen and oxygen atoms in total. The number of benzene rings is 3. The highest BCUT2D eigenvalue weighted by atomic mass is 79.9. The van der Waals surface area contributed by atoms with Gasteiger partial charge >= 0.3 is 0 Å². The first kappa shape index (κ1) is 20.5. The maximum atomic E-state index is 6.40. The van der Waals surface area contributed by atoms with Crippen molar-refractivity contribution in [2.45, 2.75) is 52.4 Å². The Kier molecular flexibility index (Phi) is 4.87. The number of halogens is 2. The fourth-order valence-electron chi connectivity index (χ4n) is 3.90. The Labute approximate surface area is 186 Å². The summed E-state index contributed by atoms with van der Waals surface area (Å²) < 4.78 is 3.30. The Morgan fingerprint density at radius 3 is 1.59 bits per heavy atom. The van der Waals surface area contributed by atoms with Crippen molar-refractivity contribution in [1.82, 2.24) is 4.57 Å². The highest BCUT2D eigenvalue weighted by molar-refractivity contribution is 9.10. The lowest BCUT2D eigenvalue weighted by Gasteiger charge is -2.19. The number of rotatable bonds is 1. The average molecular weight is 469 g/mol. The summed E-state index contributed by atoms with van der Waals surface area (Å²) >= 11 is 10.0. The van der Waals surface area contributed by atoms with Gasteiger partial charge in [0.2, 0.25) is 0 Å². The van der Waals surface area contributed by atoms with Crippen LogP contribution >= 0.6 is 27.5 Å². The van der Waals surface area contributed by atoms with Crippen LogP contribution in [0, 0.1) is 0 Å². The third-order valence-corrected chi connectivity index (χ3v) is 6.28. The molecule has 0 N–H and O–H groups in total. The van der Waals surface area contributed by atoms with Gasteiger partial charge < -0.3 is 4.57 Å². The van der Waals surface area contributed by atoms with Gasteiger partial charge in [0, 0.05) is 26.0 Å². The minimum Gasteiger partial charge on any atom is -0.309 e. The van der Waals surface area contributed by atoms with Gasteiger partial charge in [-0.15, -0.1) is 0 Å². The van der Waals surface area contributed by atoms with Crippen molar-refractivity contribution < 1.29 is 0 Å². The second-order valence-electron chi connectivity index (χ2n) is 9.93. The van der Waals surface area contributed by atoms with Crippen molar-refractivity contribution in [2.75, 3.05) is 0 Å². The molecule has 0 bridgehead atoms. The monoisotopic (exact) mass is 467 g/mol. The van der Waals surface area contributed by atoms with Gasteiger partial charge in [0.1, 0.15) is 0 Å². The molecule has 1 aromatic heterocycles. The average Bonchev–Trinajstić information content (AvgIpc) is 2.92. The van der Waals surface area contributed by atoms with Gasteiger partial charge in [-0.25, -0.2) is 0 Å². The van der Waals surface area contributed by atoms with Crippen molar-refractivity contribution in [3.05, 3.63) is 75.2 Å². The minimum atomic E-state index is 0.101. The van der Waals surface area contributed by atoms with E-state index in [-0.39, 0.29) is 10.8 Å². The second kappa shape index (κ2) is 6.89. The zero-order chi connectivity index (χ0) is 21.1. The molecule has 0 fully saturated rings. The van der Waals surface area contributed by atoms with Crippen LogP contribution in [0.15, 0.2) is 59.1 Å². The summed E-state index contributed by atoms with van der Waals surface area (Å²) in [6, 6.07) is 19.8. The van der Waals surface area contributed by atoms with Crippen molar-refractivity contribution in [3.8, 4) is 5.69 Å². The van der Waals surface area contributed by atoms with Crippen LogP contribution in [0.5, 0.6) is 0 Å². The van der Waals surface area contributed by atoms with E-state index in [9.17, 15) is 0 Å². The molecule has 29 heavy (non-hydrogen) atoms. The molecule has 0 unspecified atom stereocenters. The maximum absolute atomic E-state index is 6.40. The molecule has 0 amide bonds. The summed E-state index contributed by atoms with van der Waals surface area (Å²) in [5.41, 5.74) is 6.36. The van der Waals surface area contributed by atoms with Crippen molar-refractivity contribution >= 4 is 49.3 Å². The quantitative estimate of drug-likeness (QED) is 0.263. The third kappa shape index (κ3) is 3.73. The molecular formula is C26H27BrClN. The standard InChI is InChI=1S/C26H27BrClN/c1-25(2,3)16-7-9-23-21(11-16)22-12-17(26(4,5)6)8-10-24(22)29(23)20-14-18(27)13-19(28)15-20/h7-15H,1-6H3. The number of nitrogens with zero attached hydrogens (tertiary/aromatic N) is 1. The lowest BCUT2D eigenvalue weighted by atomic mass is 9.85. The molecule has 0 saturated heterocycles. The van der Waals surface area contributed by atoms with Gasteiger partial charge in [-0.3, -0.25) is 0 Å². The molecule has 1 heterocycles. The molecule has 0 radical (unpaired) electrons. The smallest absolute Gasteiger partial charge is 0.0541 e. The summed E-state index contributed by atoms with van der Waals surface area (Å²) in [5, 5.41) is 3.30. The van der Waals surface area contributed by atoms with E-state index in [0.717, 1.165) is 15.2 Å². The Morgan fingerprint density at radius 2 is 1.17 bits per heavy atom. The fraction of sp³-hybridized carbons (Fsp3) is 0.308. The van der Waals surface area contributed by atoms with Crippen LogP contribution in [0.1, 0.15) is 52.7 Å². The molecule has 0 spiro atoms. The molecule has 3 heteroatoms. The number of hydrogen-bond acceptors (Lipinski definition) is 0. The maximum Gasteiger partial charge on any atom is 0.0541 e. The molecule has 4 rings (SSSR count). The molecule has 4 aromatic rings. The van der Waals surface area contributed by atoms with Crippen LogP contribution in [0.3, 0.4) is 0 Å². The SMILES string of the molecule is CC(C)(C)c1ccc2c(c1)c1cc(C(C)(C)C)ccc1n2-c1cc(Cl)cc(Br)c1. The normalized spacial score (nSPS) is 12.8. The largest absolute Gasteiger partial charge is 0.309 e. The number of aromatic nitrogens is 1. The van der Waals surface area contributed by atoms with E-state index in [4.69, 9.17) is 11.6 Å². The predicted octanol–water partition coefficient (Wildman–Crippen LogP) is 8.79. The molecule has 150 valence electrons. The summed E-state index contributed by atoms with van der Waals surface area (Å²) in [6.07, 6.45) is 0. The second-order valence-corrected chi connectivity index (χ2v) is 11.3. The Morgan fingerprint density at radius 1 is 0.690 bits per heavy atom. The highest BCUT2D eigenvalue weighted by Gasteiger charge is 2.20. The first-order valence-corrected chi connectivity index (χ1v) is 11.2. The Balaban J connectivity index is 2.14. The first-order valence-electron chi connectivity index (χ1n) is 10.0. The Hall–Kier alpha value is -1.77. The molecular weight excluding hydrogens is 442 g/mol. The lowest BCUT2D eigenvalue weighted by molar-refractivity contribution is 0.590. The van der Waals surface area contributed by atoms with Crippen LogP contribution in [0.2, 0.25) is 5.02 Å². The molecule has 0 atom stereocenters. The zero-order valence-electron chi connectivity index (χ0n) is 17.9. The first-order chi connectivity index (χ1) is 13.4. The van der Waals surface area contributed by atoms with Gasteiger partial charge in [-0.05, 0) is 64.4 Å². The van der Waals surface area contributed by atoms with Crippen LogP contribution in [0.4, 0.5) is 0 Å². The van der Waals surface area contributed by atoms with E-state index in [0.29, 0.717) is 0 Å². The van der Waals surface area contributed by atoms with E-state index in [1.807, 2.05) is 12.1 Å². The minimum absolute atomic E-state index is 0.101. The van der Waals surface area contributed by atoms with Crippen molar-refractivity contribution in [2.24, 2.45) is 0 Å². The molecule has 0 aliphatic heterocycles. The molecule has 0 aliphatic carbocycles. The fourth-order valence-corrected chi connectivity index (χ4v) is 4.75. The van der Waals surface area contributed by atoms with Gasteiger partial charge in [-0.1, -0.05) is 81.2 Å². The third-order valence-electron chi connectivity index (χ3n) is 5.60. The number of fused-ring (bicyclic) bond motifs is 3. The van der Waals surface area contributed by atoms with Crippen LogP contribution < -0.4 is 0 Å². The van der Waals surface area contributed by atoms with E-state index >= 15 is 0 Å². The van der Waals surface area contributed by atoms with E-state index in [1.165, 1.54) is 32.9 Å². The van der Waals surface area contributed by atoms with E-state index in [1.54, 1.807) is 0 Å². The summed E-state index contributed by atoms with van der Waals surface area (Å²) in [4.78, 5) is 0. The van der Waals surface area contributed by atoms with Crippen molar-refractivity contribution in [3.63, 3.8) is 0 Å². The molecule has 0 aliphatic rings. The topological polar surface area (TPSA) is 4.93 Å². The van der Waals surface area contributed by atoms with Crippen molar-refractivity contribution in [1.29, 1.82) is 0 Å². The zero-order valence-corrected chi connectivity index (χ0v) is 20.2. The molecule has 0 saturated carbocycles. The molecule has 3 aromatic carbocycles. The van der Waals surface area contributed by atoms with Crippen LogP contribution in [-0.2, 0) is 10.8 Å².